The summed E-state index contributed by atoms with van der Waals surface area (Å²) in [5.74, 6) is -0.704. The van der Waals surface area contributed by atoms with Crippen LogP contribution in [0, 0.1) is 5.92 Å². The van der Waals surface area contributed by atoms with Crippen molar-refractivity contribution < 1.29 is 14.3 Å². The van der Waals surface area contributed by atoms with E-state index in [1.165, 1.54) is 0 Å². The standard InChI is InChI=1S/C24H32N2O3/c1-3-28-24(29-4-2)16-8-11-21(22(24)25)17-26-23(27)20-14-12-19(13-15-20)18-9-6-5-7-10-18/h5-7,9-10,12-15,21-22H,3-4,8,11,16-17,25H2,1-2H3,(H,26,27). The third-order valence-electron chi connectivity index (χ3n) is 5.67. The normalized spacial score (nSPS) is 20.9. The lowest BCUT2D eigenvalue weighted by Gasteiger charge is -2.45. The van der Waals surface area contributed by atoms with Crippen molar-refractivity contribution >= 4 is 5.91 Å². The summed E-state index contributed by atoms with van der Waals surface area (Å²) in [6.45, 7) is 5.54. The summed E-state index contributed by atoms with van der Waals surface area (Å²) < 4.78 is 11.9. The van der Waals surface area contributed by atoms with Crippen molar-refractivity contribution in [2.75, 3.05) is 19.8 Å². The summed E-state index contributed by atoms with van der Waals surface area (Å²) in [5, 5.41) is 3.05. The van der Waals surface area contributed by atoms with Crippen LogP contribution in [-0.2, 0) is 9.47 Å². The van der Waals surface area contributed by atoms with Gasteiger partial charge >= 0.3 is 0 Å². The third-order valence-corrected chi connectivity index (χ3v) is 5.67. The Morgan fingerprint density at radius 1 is 1.03 bits per heavy atom. The van der Waals surface area contributed by atoms with Crippen LogP contribution in [-0.4, -0.2) is 37.5 Å². The number of hydrogen-bond donors (Lipinski definition) is 2. The minimum absolute atomic E-state index is 0.0826. The number of carbonyl (C=O) groups excluding carboxylic acids is 1. The van der Waals surface area contributed by atoms with Gasteiger partial charge in [0, 0.05) is 31.7 Å². The highest BCUT2D eigenvalue weighted by molar-refractivity contribution is 5.94. The molecule has 2 aromatic carbocycles. The zero-order valence-electron chi connectivity index (χ0n) is 17.4. The monoisotopic (exact) mass is 396 g/mol. The number of carbonyl (C=O) groups is 1. The van der Waals surface area contributed by atoms with Gasteiger partial charge in [0.15, 0.2) is 5.79 Å². The fourth-order valence-electron chi connectivity index (χ4n) is 4.18. The van der Waals surface area contributed by atoms with E-state index < -0.39 is 5.79 Å². The first-order valence-electron chi connectivity index (χ1n) is 10.6. The van der Waals surface area contributed by atoms with E-state index in [1.807, 2.05) is 56.3 Å². The number of hydrogen-bond acceptors (Lipinski definition) is 4. The Morgan fingerprint density at radius 2 is 1.66 bits per heavy atom. The molecule has 0 radical (unpaired) electrons. The first-order valence-corrected chi connectivity index (χ1v) is 10.6. The van der Waals surface area contributed by atoms with E-state index in [2.05, 4.69) is 17.4 Å². The molecule has 0 spiro atoms. The molecule has 2 atom stereocenters. The molecule has 0 heterocycles. The highest BCUT2D eigenvalue weighted by atomic mass is 16.7. The van der Waals surface area contributed by atoms with Gasteiger partial charge in [-0.1, -0.05) is 42.5 Å². The van der Waals surface area contributed by atoms with Crippen LogP contribution in [0.5, 0.6) is 0 Å². The average molecular weight is 397 g/mol. The Morgan fingerprint density at radius 3 is 2.28 bits per heavy atom. The summed E-state index contributed by atoms with van der Waals surface area (Å²) in [6.07, 6.45) is 2.72. The van der Waals surface area contributed by atoms with E-state index in [4.69, 9.17) is 15.2 Å². The smallest absolute Gasteiger partial charge is 0.251 e. The molecule has 5 heteroatoms. The Labute approximate surface area is 173 Å². The maximum Gasteiger partial charge on any atom is 0.251 e. The number of rotatable bonds is 8. The van der Waals surface area contributed by atoms with Gasteiger partial charge in [0.25, 0.3) is 5.91 Å². The minimum Gasteiger partial charge on any atom is -0.352 e. The van der Waals surface area contributed by atoms with Gasteiger partial charge in [-0.3, -0.25) is 4.79 Å². The van der Waals surface area contributed by atoms with Crippen LogP contribution in [0.15, 0.2) is 54.6 Å². The lowest BCUT2D eigenvalue weighted by atomic mass is 9.80. The molecule has 3 rings (SSSR count). The Hall–Kier alpha value is -2.21. The van der Waals surface area contributed by atoms with Crippen LogP contribution in [0.3, 0.4) is 0 Å². The summed E-state index contributed by atoms with van der Waals surface area (Å²) in [6, 6.07) is 17.5. The summed E-state index contributed by atoms with van der Waals surface area (Å²) in [4.78, 5) is 12.6. The lowest BCUT2D eigenvalue weighted by Crippen LogP contribution is -2.60. The molecule has 29 heavy (non-hydrogen) atoms. The van der Waals surface area contributed by atoms with Crippen molar-refractivity contribution in [2.45, 2.75) is 44.9 Å². The van der Waals surface area contributed by atoms with Crippen molar-refractivity contribution in [1.82, 2.24) is 5.32 Å². The Balaban J connectivity index is 1.61. The average Bonchev–Trinajstić information content (AvgIpc) is 2.76. The molecule has 0 aromatic heterocycles. The second-order valence-corrected chi connectivity index (χ2v) is 7.51. The highest BCUT2D eigenvalue weighted by Crippen LogP contribution is 2.35. The van der Waals surface area contributed by atoms with Crippen LogP contribution in [0.25, 0.3) is 11.1 Å². The van der Waals surface area contributed by atoms with E-state index in [0.717, 1.165) is 30.4 Å². The van der Waals surface area contributed by atoms with Crippen molar-refractivity contribution in [3.63, 3.8) is 0 Å². The van der Waals surface area contributed by atoms with E-state index in [-0.39, 0.29) is 17.9 Å². The number of nitrogens with two attached hydrogens (primary N) is 1. The molecule has 5 nitrogen and oxygen atoms in total. The molecule has 1 aliphatic rings. The van der Waals surface area contributed by atoms with E-state index in [9.17, 15) is 4.79 Å². The third kappa shape index (κ3) is 5.04. The fourth-order valence-corrected chi connectivity index (χ4v) is 4.18. The van der Waals surface area contributed by atoms with Gasteiger partial charge < -0.3 is 20.5 Å². The molecule has 1 saturated carbocycles. The molecule has 1 aliphatic carbocycles. The van der Waals surface area contributed by atoms with Gasteiger partial charge in [0.1, 0.15) is 0 Å². The summed E-state index contributed by atoms with van der Waals surface area (Å²) in [5.41, 5.74) is 9.41. The molecule has 3 N–H and O–H groups in total. The van der Waals surface area contributed by atoms with E-state index in [0.29, 0.717) is 25.3 Å². The summed E-state index contributed by atoms with van der Waals surface area (Å²) in [7, 11) is 0. The first-order chi connectivity index (χ1) is 14.1. The van der Waals surface area contributed by atoms with Crippen molar-refractivity contribution in [3.05, 3.63) is 60.2 Å². The Bertz CT molecular complexity index is 765. The van der Waals surface area contributed by atoms with Crippen LogP contribution < -0.4 is 11.1 Å². The maximum atomic E-state index is 12.6. The van der Waals surface area contributed by atoms with Gasteiger partial charge in [0.05, 0.1) is 6.04 Å². The molecule has 0 bridgehead atoms. The van der Waals surface area contributed by atoms with Gasteiger partial charge in [-0.2, -0.15) is 0 Å². The van der Waals surface area contributed by atoms with Crippen LogP contribution >= 0.6 is 0 Å². The van der Waals surface area contributed by atoms with Crippen molar-refractivity contribution in [3.8, 4) is 11.1 Å². The molecular weight excluding hydrogens is 364 g/mol. The SMILES string of the molecule is CCOC1(OCC)CCCC(CNC(=O)c2ccc(-c3ccccc3)cc2)C1N. The molecular formula is C24H32N2O3. The molecule has 1 amide bonds. The number of nitrogens with one attached hydrogen (secondary N) is 1. The van der Waals surface area contributed by atoms with Crippen LogP contribution in [0.4, 0.5) is 0 Å². The zero-order valence-corrected chi connectivity index (χ0v) is 17.4. The van der Waals surface area contributed by atoms with Crippen molar-refractivity contribution in [2.24, 2.45) is 11.7 Å². The number of ether oxygens (including phenoxy) is 2. The van der Waals surface area contributed by atoms with Crippen LogP contribution in [0.1, 0.15) is 43.5 Å². The van der Waals surface area contributed by atoms with Crippen LogP contribution in [0.2, 0.25) is 0 Å². The van der Waals surface area contributed by atoms with E-state index in [1.54, 1.807) is 0 Å². The number of benzene rings is 2. The Kier molecular flexibility index (Phi) is 7.42. The molecule has 156 valence electrons. The topological polar surface area (TPSA) is 73.6 Å². The lowest BCUT2D eigenvalue weighted by molar-refractivity contribution is -0.264. The van der Waals surface area contributed by atoms with Crippen molar-refractivity contribution in [1.29, 1.82) is 0 Å². The first kappa shape index (κ1) is 21.5. The molecule has 0 aliphatic heterocycles. The molecule has 0 saturated heterocycles. The van der Waals surface area contributed by atoms with Gasteiger partial charge in [-0.15, -0.1) is 0 Å². The van der Waals surface area contributed by atoms with Gasteiger partial charge in [-0.25, -0.2) is 0 Å². The second-order valence-electron chi connectivity index (χ2n) is 7.51. The van der Waals surface area contributed by atoms with Gasteiger partial charge in [-0.05, 0) is 55.9 Å². The summed E-state index contributed by atoms with van der Waals surface area (Å²) >= 11 is 0. The fraction of sp³-hybridized carbons (Fsp3) is 0.458. The predicted octanol–water partition coefficient (Wildman–Crippen LogP) is 3.98. The maximum absolute atomic E-state index is 12.6. The molecule has 2 unspecified atom stereocenters. The number of amides is 1. The zero-order chi connectivity index (χ0) is 20.7. The minimum atomic E-state index is -0.742. The molecule has 1 fully saturated rings. The largest absolute Gasteiger partial charge is 0.352 e. The second kappa shape index (κ2) is 10.0. The predicted molar refractivity (Wildman–Crippen MR) is 116 cm³/mol. The molecule has 2 aromatic rings. The van der Waals surface area contributed by atoms with E-state index >= 15 is 0 Å². The quantitative estimate of drug-likeness (QED) is 0.662. The highest BCUT2D eigenvalue weighted by Gasteiger charge is 2.45. The van der Waals surface area contributed by atoms with Gasteiger partial charge in [0.2, 0.25) is 0 Å².